The fourth-order valence-corrected chi connectivity index (χ4v) is 2.07. The Labute approximate surface area is 113 Å². The fourth-order valence-electron chi connectivity index (χ4n) is 1.88. The Morgan fingerprint density at radius 1 is 1.32 bits per heavy atom. The third kappa shape index (κ3) is 2.04. The van der Waals surface area contributed by atoms with E-state index in [0.717, 1.165) is 11.3 Å². The smallest absolute Gasteiger partial charge is 0.356 e. The van der Waals surface area contributed by atoms with Crippen molar-refractivity contribution in [3.8, 4) is 11.3 Å². The lowest BCUT2D eigenvalue weighted by Crippen LogP contribution is -1.95. The van der Waals surface area contributed by atoms with Gasteiger partial charge in [-0.25, -0.2) is 14.8 Å². The summed E-state index contributed by atoms with van der Waals surface area (Å²) in [5.41, 5.74) is 1.61. The molecule has 0 aliphatic heterocycles. The third-order valence-corrected chi connectivity index (χ3v) is 2.94. The van der Waals surface area contributed by atoms with Crippen molar-refractivity contribution in [1.29, 1.82) is 0 Å². The molecule has 3 aromatic rings. The topological polar surface area (TPSA) is 67.5 Å². The minimum Gasteiger partial charge on any atom is -0.476 e. The Morgan fingerprint density at radius 3 is 2.89 bits per heavy atom. The number of carbonyl (C=O) groups is 1. The largest absolute Gasteiger partial charge is 0.476 e. The fraction of sp³-hybridized carbons (Fsp3) is 0. The molecular formula is C13H8ClN3O2. The van der Waals surface area contributed by atoms with Gasteiger partial charge in [0, 0.05) is 23.0 Å². The van der Waals surface area contributed by atoms with Gasteiger partial charge in [0.15, 0.2) is 5.69 Å². The summed E-state index contributed by atoms with van der Waals surface area (Å²) < 4.78 is 1.63. The molecular weight excluding hydrogens is 266 g/mol. The van der Waals surface area contributed by atoms with Crippen molar-refractivity contribution < 1.29 is 9.90 Å². The van der Waals surface area contributed by atoms with Crippen LogP contribution in [0.2, 0.25) is 5.02 Å². The van der Waals surface area contributed by atoms with Crippen LogP contribution in [0.4, 0.5) is 0 Å². The number of fused-ring (bicyclic) bond motifs is 1. The molecule has 0 unspecified atom stereocenters. The summed E-state index contributed by atoms with van der Waals surface area (Å²) in [4.78, 5) is 18.9. The first kappa shape index (κ1) is 11.7. The molecule has 0 aliphatic carbocycles. The van der Waals surface area contributed by atoms with Crippen molar-refractivity contribution in [2.75, 3.05) is 0 Å². The van der Waals surface area contributed by atoms with Crippen LogP contribution in [-0.2, 0) is 0 Å². The number of imidazole rings is 1. The van der Waals surface area contributed by atoms with E-state index in [0.29, 0.717) is 10.8 Å². The molecule has 0 amide bonds. The van der Waals surface area contributed by atoms with Gasteiger partial charge in [0.05, 0.1) is 5.69 Å². The van der Waals surface area contributed by atoms with E-state index in [1.165, 1.54) is 6.20 Å². The van der Waals surface area contributed by atoms with Gasteiger partial charge < -0.3 is 5.11 Å². The number of carboxylic acid groups (broad SMARTS) is 1. The van der Waals surface area contributed by atoms with Crippen molar-refractivity contribution in [3.05, 3.63) is 53.4 Å². The van der Waals surface area contributed by atoms with Gasteiger partial charge in [-0.05, 0) is 18.2 Å². The number of rotatable bonds is 2. The SMILES string of the molecule is O=C(O)c1cn2c(-c3cccc(Cl)c3)ccnc2n1. The van der Waals surface area contributed by atoms with E-state index < -0.39 is 5.97 Å². The van der Waals surface area contributed by atoms with Crippen LogP contribution in [0, 0.1) is 0 Å². The van der Waals surface area contributed by atoms with Gasteiger partial charge in [-0.2, -0.15) is 0 Å². The van der Waals surface area contributed by atoms with Gasteiger partial charge in [-0.3, -0.25) is 4.40 Å². The Bertz CT molecular complexity index is 782. The van der Waals surface area contributed by atoms with Gasteiger partial charge in [-0.15, -0.1) is 0 Å². The second-order valence-electron chi connectivity index (χ2n) is 3.94. The maximum atomic E-state index is 10.9. The molecule has 0 bridgehead atoms. The first-order chi connectivity index (χ1) is 9.15. The van der Waals surface area contributed by atoms with Crippen LogP contribution in [0.25, 0.3) is 17.0 Å². The van der Waals surface area contributed by atoms with E-state index in [4.69, 9.17) is 16.7 Å². The van der Waals surface area contributed by atoms with Crippen LogP contribution >= 0.6 is 11.6 Å². The van der Waals surface area contributed by atoms with Crippen molar-refractivity contribution in [3.63, 3.8) is 0 Å². The van der Waals surface area contributed by atoms with Crippen molar-refractivity contribution in [2.24, 2.45) is 0 Å². The summed E-state index contributed by atoms with van der Waals surface area (Å²) in [6.45, 7) is 0. The molecule has 2 heterocycles. The molecule has 1 N–H and O–H groups in total. The average molecular weight is 274 g/mol. The number of aromatic carboxylic acids is 1. The van der Waals surface area contributed by atoms with Crippen LogP contribution < -0.4 is 0 Å². The zero-order valence-corrected chi connectivity index (χ0v) is 10.4. The first-order valence-electron chi connectivity index (χ1n) is 5.48. The lowest BCUT2D eigenvalue weighted by Gasteiger charge is -2.04. The number of benzene rings is 1. The van der Waals surface area contributed by atoms with Crippen LogP contribution in [0.15, 0.2) is 42.7 Å². The Balaban J connectivity index is 2.26. The first-order valence-corrected chi connectivity index (χ1v) is 5.86. The minimum atomic E-state index is -1.08. The number of halogens is 1. The molecule has 6 heteroatoms. The second-order valence-corrected chi connectivity index (χ2v) is 4.38. The lowest BCUT2D eigenvalue weighted by molar-refractivity contribution is 0.0691. The molecule has 0 saturated carbocycles. The van der Waals surface area contributed by atoms with Gasteiger partial charge >= 0.3 is 5.97 Å². The average Bonchev–Trinajstić information content (AvgIpc) is 2.82. The molecule has 3 rings (SSSR count). The summed E-state index contributed by atoms with van der Waals surface area (Å²) in [6, 6.07) is 9.09. The number of hydrogen-bond donors (Lipinski definition) is 1. The molecule has 19 heavy (non-hydrogen) atoms. The standard InChI is InChI=1S/C13H8ClN3O2/c14-9-3-1-2-8(6-9)11-4-5-15-13-16-10(12(18)19)7-17(11)13/h1-7H,(H,18,19). The van der Waals surface area contributed by atoms with Crippen LogP contribution in [0.5, 0.6) is 0 Å². The summed E-state index contributed by atoms with van der Waals surface area (Å²) in [7, 11) is 0. The number of aromatic nitrogens is 3. The zero-order valence-electron chi connectivity index (χ0n) is 9.62. The second kappa shape index (κ2) is 4.37. The predicted molar refractivity (Wildman–Crippen MR) is 70.4 cm³/mol. The molecule has 0 radical (unpaired) electrons. The molecule has 1 aromatic carbocycles. The van der Waals surface area contributed by atoms with Crippen LogP contribution in [0.3, 0.4) is 0 Å². The van der Waals surface area contributed by atoms with Gasteiger partial charge in [0.25, 0.3) is 0 Å². The molecule has 5 nitrogen and oxygen atoms in total. The third-order valence-electron chi connectivity index (χ3n) is 2.71. The number of hydrogen-bond acceptors (Lipinski definition) is 3. The molecule has 0 fully saturated rings. The maximum absolute atomic E-state index is 10.9. The molecule has 0 saturated heterocycles. The Kier molecular flexibility index (Phi) is 2.68. The highest BCUT2D eigenvalue weighted by Gasteiger charge is 2.12. The van der Waals surface area contributed by atoms with E-state index in [1.807, 2.05) is 12.1 Å². The van der Waals surface area contributed by atoms with Crippen molar-refractivity contribution in [1.82, 2.24) is 14.4 Å². The number of carboxylic acids is 1. The molecule has 2 aromatic heterocycles. The number of nitrogens with zero attached hydrogens (tertiary/aromatic N) is 3. The van der Waals surface area contributed by atoms with Gasteiger partial charge in [0.2, 0.25) is 5.78 Å². The van der Waals surface area contributed by atoms with Gasteiger partial charge in [-0.1, -0.05) is 23.7 Å². The Morgan fingerprint density at radius 2 is 2.16 bits per heavy atom. The van der Waals surface area contributed by atoms with Crippen molar-refractivity contribution >= 4 is 23.3 Å². The molecule has 0 spiro atoms. The highest BCUT2D eigenvalue weighted by atomic mass is 35.5. The van der Waals surface area contributed by atoms with E-state index >= 15 is 0 Å². The van der Waals surface area contributed by atoms with E-state index in [9.17, 15) is 4.79 Å². The van der Waals surface area contributed by atoms with E-state index in [1.54, 1.807) is 28.8 Å². The quantitative estimate of drug-likeness (QED) is 0.779. The molecule has 0 aliphatic rings. The summed E-state index contributed by atoms with van der Waals surface area (Å²) in [5, 5.41) is 9.58. The highest BCUT2D eigenvalue weighted by Crippen LogP contribution is 2.23. The maximum Gasteiger partial charge on any atom is 0.356 e. The highest BCUT2D eigenvalue weighted by molar-refractivity contribution is 6.30. The van der Waals surface area contributed by atoms with E-state index in [-0.39, 0.29) is 5.69 Å². The predicted octanol–water partition coefficient (Wildman–Crippen LogP) is 2.75. The van der Waals surface area contributed by atoms with E-state index in [2.05, 4.69) is 9.97 Å². The lowest BCUT2D eigenvalue weighted by atomic mass is 10.1. The monoisotopic (exact) mass is 273 g/mol. The summed E-state index contributed by atoms with van der Waals surface area (Å²) in [6.07, 6.45) is 3.03. The zero-order chi connectivity index (χ0) is 13.4. The molecule has 0 atom stereocenters. The Hall–Kier alpha value is -2.40. The summed E-state index contributed by atoms with van der Waals surface area (Å²) in [5.74, 6) is -0.739. The van der Waals surface area contributed by atoms with Crippen LogP contribution in [0.1, 0.15) is 10.5 Å². The van der Waals surface area contributed by atoms with Crippen LogP contribution in [-0.4, -0.2) is 25.4 Å². The normalized spacial score (nSPS) is 10.8. The van der Waals surface area contributed by atoms with Gasteiger partial charge in [0.1, 0.15) is 0 Å². The molecule has 94 valence electrons. The minimum absolute atomic E-state index is 0.0398. The summed E-state index contributed by atoms with van der Waals surface area (Å²) >= 11 is 5.97. The van der Waals surface area contributed by atoms with Crippen molar-refractivity contribution in [2.45, 2.75) is 0 Å².